The second kappa shape index (κ2) is 9.75. The number of benzene rings is 2. The number of allylic oxidation sites excluding steroid dienone is 1. The Balaban J connectivity index is 1.47. The number of nitrogens with one attached hydrogen (secondary N) is 1. The molecule has 2 aliphatic rings. The molecule has 0 aliphatic carbocycles. The molecule has 2 aromatic rings. The molecule has 4 rings (SSSR count). The number of β-lactam (4-membered cyclic amide) rings is 1. The summed E-state index contributed by atoms with van der Waals surface area (Å²) in [6.07, 6.45) is 3.77. The highest BCUT2D eigenvalue weighted by Gasteiger charge is 2.53. The monoisotopic (exact) mass is 512 g/mol. The number of aliphatic carboxylic acids is 1. The average molecular weight is 513 g/mol. The molecular weight excluding hydrogens is 492 g/mol. The molecule has 2 aliphatic heterocycles. The lowest BCUT2D eigenvalue weighted by molar-refractivity contribution is -0.150. The van der Waals surface area contributed by atoms with Gasteiger partial charge in [-0.1, -0.05) is 82.7 Å². The highest BCUT2D eigenvalue weighted by molar-refractivity contribution is 9.08. The van der Waals surface area contributed by atoms with Gasteiger partial charge in [-0.3, -0.25) is 14.5 Å². The summed E-state index contributed by atoms with van der Waals surface area (Å²) in [5.74, 6) is -1.36. The van der Waals surface area contributed by atoms with E-state index in [9.17, 15) is 19.5 Å². The van der Waals surface area contributed by atoms with Crippen molar-refractivity contribution in [2.45, 2.75) is 23.2 Å². The minimum atomic E-state index is -1.15. The lowest BCUT2D eigenvalue weighted by atomic mass is 10.0. The Hall–Kier alpha value is -2.84. The summed E-state index contributed by atoms with van der Waals surface area (Å²) in [6, 6.07) is 16.5. The van der Waals surface area contributed by atoms with Crippen molar-refractivity contribution < 1.29 is 19.5 Å². The summed E-state index contributed by atoms with van der Waals surface area (Å²) in [6.45, 7) is 0. The summed E-state index contributed by atoms with van der Waals surface area (Å²) in [5.41, 5.74) is 3.51. The van der Waals surface area contributed by atoms with Crippen LogP contribution in [0.15, 0.2) is 71.9 Å². The van der Waals surface area contributed by atoms with E-state index in [1.54, 1.807) is 6.08 Å². The number of hydrogen-bond acceptors (Lipinski definition) is 4. The molecule has 0 radical (unpaired) electrons. The molecule has 164 valence electrons. The van der Waals surface area contributed by atoms with E-state index in [-0.39, 0.29) is 18.0 Å². The molecule has 2 atom stereocenters. The number of halogens is 1. The molecule has 2 N–H and O–H groups in total. The molecule has 0 spiro atoms. The van der Waals surface area contributed by atoms with Gasteiger partial charge in [0.2, 0.25) is 5.91 Å². The van der Waals surface area contributed by atoms with Crippen LogP contribution in [0.25, 0.3) is 6.08 Å². The van der Waals surface area contributed by atoms with Gasteiger partial charge in [-0.25, -0.2) is 4.79 Å². The first-order valence-corrected chi connectivity index (χ1v) is 12.2. The highest BCUT2D eigenvalue weighted by Crippen LogP contribution is 2.40. The van der Waals surface area contributed by atoms with Crippen molar-refractivity contribution in [3.63, 3.8) is 0 Å². The third kappa shape index (κ3) is 4.66. The van der Waals surface area contributed by atoms with Crippen LogP contribution in [0.3, 0.4) is 0 Å². The molecule has 0 aromatic heterocycles. The van der Waals surface area contributed by atoms with Gasteiger partial charge in [0.15, 0.2) is 0 Å². The molecule has 32 heavy (non-hydrogen) atoms. The molecule has 0 unspecified atom stereocenters. The van der Waals surface area contributed by atoms with Crippen molar-refractivity contribution in [2.24, 2.45) is 0 Å². The molecule has 1 saturated heterocycles. The van der Waals surface area contributed by atoms with Crippen molar-refractivity contribution in [2.75, 3.05) is 5.75 Å². The number of carboxylic acids is 1. The van der Waals surface area contributed by atoms with E-state index in [0.29, 0.717) is 11.3 Å². The summed E-state index contributed by atoms with van der Waals surface area (Å²) in [4.78, 5) is 38.4. The van der Waals surface area contributed by atoms with Crippen LogP contribution in [0.5, 0.6) is 0 Å². The first-order chi connectivity index (χ1) is 15.5. The van der Waals surface area contributed by atoms with E-state index in [0.717, 1.165) is 22.0 Å². The predicted molar refractivity (Wildman–Crippen MR) is 128 cm³/mol. The fraction of sp³-hybridized carbons (Fsp3) is 0.208. The maximum absolute atomic E-state index is 12.8. The summed E-state index contributed by atoms with van der Waals surface area (Å²) < 4.78 is 0. The quantitative estimate of drug-likeness (QED) is 0.437. The Morgan fingerprint density at radius 3 is 2.47 bits per heavy atom. The SMILES string of the molecule is O=C(Cc1ccccc1)N[C@@H]1C(=O)N2C(C(=O)O)=C(/C=C/c3ccc(CBr)cc3)CS[C@H]12. The molecule has 2 aromatic carbocycles. The van der Waals surface area contributed by atoms with Gasteiger partial charge in [-0.15, -0.1) is 11.8 Å². The Morgan fingerprint density at radius 1 is 1.09 bits per heavy atom. The third-order valence-corrected chi connectivity index (χ3v) is 7.29. The largest absolute Gasteiger partial charge is 0.477 e. The van der Waals surface area contributed by atoms with Crippen LogP contribution in [0.4, 0.5) is 0 Å². The van der Waals surface area contributed by atoms with Crippen LogP contribution in [0.1, 0.15) is 16.7 Å². The number of thioether (sulfide) groups is 1. The van der Waals surface area contributed by atoms with Gasteiger partial charge in [0.25, 0.3) is 5.91 Å². The topological polar surface area (TPSA) is 86.7 Å². The maximum Gasteiger partial charge on any atom is 0.352 e. The van der Waals surface area contributed by atoms with Gasteiger partial charge in [-0.05, 0) is 22.3 Å². The number of alkyl halides is 1. The fourth-order valence-corrected chi connectivity index (χ4v) is 5.38. The van der Waals surface area contributed by atoms with Gasteiger partial charge >= 0.3 is 5.97 Å². The predicted octanol–water partition coefficient (Wildman–Crippen LogP) is 3.58. The number of carbonyl (C=O) groups is 3. The number of hydrogen-bond donors (Lipinski definition) is 2. The van der Waals surface area contributed by atoms with E-state index in [1.165, 1.54) is 16.7 Å². The summed E-state index contributed by atoms with van der Waals surface area (Å²) in [5, 5.41) is 12.9. The molecule has 8 heteroatoms. The Bertz CT molecular complexity index is 1100. The third-order valence-electron chi connectivity index (χ3n) is 5.34. The van der Waals surface area contributed by atoms with E-state index < -0.39 is 23.3 Å². The number of rotatable bonds is 7. The number of nitrogens with zero attached hydrogens (tertiary/aromatic N) is 1. The van der Waals surface area contributed by atoms with E-state index in [4.69, 9.17) is 0 Å². The number of amides is 2. The molecule has 0 saturated carbocycles. The van der Waals surface area contributed by atoms with Crippen molar-refractivity contribution >= 4 is 51.6 Å². The van der Waals surface area contributed by atoms with Crippen LogP contribution >= 0.6 is 27.7 Å². The van der Waals surface area contributed by atoms with Crippen LogP contribution < -0.4 is 5.32 Å². The zero-order valence-electron chi connectivity index (χ0n) is 17.0. The maximum atomic E-state index is 12.8. The van der Waals surface area contributed by atoms with Crippen molar-refractivity contribution in [1.29, 1.82) is 0 Å². The first kappa shape index (κ1) is 22.4. The molecule has 2 amide bonds. The van der Waals surface area contributed by atoms with Gasteiger partial charge in [0, 0.05) is 11.1 Å². The highest BCUT2D eigenvalue weighted by atomic mass is 79.9. The van der Waals surface area contributed by atoms with Crippen LogP contribution in [0.2, 0.25) is 0 Å². The molecular formula is C24H21BrN2O4S. The Morgan fingerprint density at radius 2 is 1.81 bits per heavy atom. The minimum absolute atomic E-state index is 0.0133. The molecule has 6 nitrogen and oxygen atoms in total. The van der Waals surface area contributed by atoms with Gasteiger partial charge in [0.05, 0.1) is 6.42 Å². The normalized spacial score (nSPS) is 20.2. The molecule has 0 bridgehead atoms. The number of carbonyl (C=O) groups excluding carboxylic acids is 2. The van der Waals surface area contributed by atoms with Crippen molar-refractivity contribution in [1.82, 2.24) is 10.2 Å². The second-order valence-corrected chi connectivity index (χ2v) is 9.17. The zero-order valence-corrected chi connectivity index (χ0v) is 19.4. The Labute approximate surface area is 198 Å². The fourth-order valence-electron chi connectivity index (χ4n) is 3.69. The van der Waals surface area contributed by atoms with Gasteiger partial charge < -0.3 is 10.4 Å². The second-order valence-electron chi connectivity index (χ2n) is 7.50. The number of fused-ring (bicyclic) bond motifs is 1. The number of carboxylic acid groups (broad SMARTS) is 1. The summed E-state index contributed by atoms with van der Waals surface area (Å²) in [7, 11) is 0. The standard InChI is InChI=1S/C24H21BrN2O4S/c25-13-17-8-6-15(7-9-17)10-11-18-14-32-23-20(22(29)27(23)21(18)24(30)31)26-19(28)12-16-4-2-1-3-5-16/h1-11,20,23H,12-14H2,(H,26,28)(H,30,31)/b11-10+/t20-,23-/m1/s1. The molecule has 1 fully saturated rings. The lowest BCUT2D eigenvalue weighted by Crippen LogP contribution is -2.70. The van der Waals surface area contributed by atoms with Crippen molar-refractivity contribution in [3.05, 3.63) is 88.6 Å². The lowest BCUT2D eigenvalue weighted by Gasteiger charge is -2.49. The minimum Gasteiger partial charge on any atom is -0.477 e. The van der Waals surface area contributed by atoms with E-state index in [2.05, 4.69) is 21.2 Å². The van der Waals surface area contributed by atoms with Crippen LogP contribution in [0, 0.1) is 0 Å². The average Bonchev–Trinajstić information content (AvgIpc) is 2.81. The van der Waals surface area contributed by atoms with Crippen molar-refractivity contribution in [3.8, 4) is 0 Å². The van der Waals surface area contributed by atoms with Gasteiger partial charge in [-0.2, -0.15) is 0 Å². The Kier molecular flexibility index (Phi) is 6.81. The van der Waals surface area contributed by atoms with Gasteiger partial charge in [0.1, 0.15) is 17.1 Å². The van der Waals surface area contributed by atoms with Crippen LogP contribution in [-0.2, 0) is 26.1 Å². The molecule has 2 heterocycles. The smallest absolute Gasteiger partial charge is 0.352 e. The van der Waals surface area contributed by atoms with E-state index in [1.807, 2.05) is 60.7 Å². The van der Waals surface area contributed by atoms with Crippen LogP contribution in [-0.4, -0.2) is 45.0 Å². The first-order valence-electron chi connectivity index (χ1n) is 10.1. The van der Waals surface area contributed by atoms with E-state index >= 15 is 0 Å². The zero-order chi connectivity index (χ0) is 22.7. The summed E-state index contributed by atoms with van der Waals surface area (Å²) >= 11 is 4.87.